The highest BCUT2D eigenvalue weighted by atomic mass is 35.5. The summed E-state index contributed by atoms with van der Waals surface area (Å²) in [6.07, 6.45) is 4.36. The predicted octanol–water partition coefficient (Wildman–Crippen LogP) is 6.97. The van der Waals surface area contributed by atoms with Gasteiger partial charge in [0.15, 0.2) is 11.5 Å². The number of fused-ring (bicyclic) bond motifs is 1. The van der Waals surface area contributed by atoms with Crippen molar-refractivity contribution < 1.29 is 32.9 Å². The summed E-state index contributed by atoms with van der Waals surface area (Å²) in [5.74, 6) is 1.16. The fourth-order valence-corrected chi connectivity index (χ4v) is 5.87. The molecule has 3 amide bonds. The number of hydrogen-bond donors (Lipinski definition) is 2. The van der Waals surface area contributed by atoms with Crippen molar-refractivity contribution in [3.63, 3.8) is 0 Å². The van der Waals surface area contributed by atoms with Gasteiger partial charge in [-0.1, -0.05) is 17.7 Å². The first-order valence-electron chi connectivity index (χ1n) is 15.3. The van der Waals surface area contributed by atoms with E-state index in [0.29, 0.717) is 58.7 Å². The number of methoxy groups -OCH3 is 1. The lowest BCUT2D eigenvalue weighted by atomic mass is 9.77. The van der Waals surface area contributed by atoms with E-state index < -0.39 is 11.8 Å². The van der Waals surface area contributed by atoms with Gasteiger partial charge in [-0.3, -0.25) is 4.79 Å². The van der Waals surface area contributed by atoms with Gasteiger partial charge in [0.1, 0.15) is 17.9 Å². The van der Waals surface area contributed by atoms with E-state index in [-0.39, 0.29) is 22.5 Å². The third-order valence-corrected chi connectivity index (χ3v) is 8.76. The monoisotopic (exact) mass is 663 g/mol. The zero-order valence-corrected chi connectivity index (χ0v) is 26.9. The van der Waals surface area contributed by atoms with Crippen LogP contribution >= 0.6 is 11.6 Å². The van der Waals surface area contributed by atoms with Gasteiger partial charge >= 0.3 is 6.03 Å². The quantitative estimate of drug-likeness (QED) is 0.174. The molecule has 3 heterocycles. The lowest BCUT2D eigenvalue weighted by Gasteiger charge is -2.47. The fourth-order valence-electron chi connectivity index (χ4n) is 5.65. The van der Waals surface area contributed by atoms with Crippen molar-refractivity contribution >= 4 is 45.8 Å². The Bertz CT molecular complexity index is 1790. The summed E-state index contributed by atoms with van der Waals surface area (Å²) in [5, 5.41) is 5.87. The Balaban J connectivity index is 1.06. The molecule has 0 aliphatic carbocycles. The van der Waals surface area contributed by atoms with Crippen molar-refractivity contribution in [3.05, 3.63) is 71.3 Å². The highest BCUT2D eigenvalue weighted by Gasteiger charge is 2.41. The summed E-state index contributed by atoms with van der Waals surface area (Å²) < 4.78 is 37.1. The number of benzene rings is 3. The number of likely N-dealkylation sites (tertiary alicyclic amines) is 1. The molecule has 11 nitrogen and oxygen atoms in total. The number of aryl methyl sites for hydroxylation is 1. The summed E-state index contributed by atoms with van der Waals surface area (Å²) in [5.41, 5.74) is 2.01. The maximum absolute atomic E-state index is 14.0. The molecule has 2 saturated heterocycles. The Hall–Kier alpha value is -4.68. The number of aromatic nitrogens is 2. The highest BCUT2D eigenvalue weighted by molar-refractivity contribution is 6.34. The summed E-state index contributed by atoms with van der Waals surface area (Å²) in [6, 6.07) is 11.9. The van der Waals surface area contributed by atoms with Gasteiger partial charge in [-0.25, -0.2) is 19.2 Å². The third kappa shape index (κ3) is 7.50. The van der Waals surface area contributed by atoms with Crippen LogP contribution in [0.4, 0.5) is 20.6 Å². The molecule has 1 spiro atoms. The maximum atomic E-state index is 14.0. The van der Waals surface area contributed by atoms with Gasteiger partial charge in [0.25, 0.3) is 0 Å². The lowest BCUT2D eigenvalue weighted by molar-refractivity contribution is -0.153. The molecule has 47 heavy (non-hydrogen) atoms. The van der Waals surface area contributed by atoms with Crippen molar-refractivity contribution in [2.45, 2.75) is 32.6 Å². The minimum atomic E-state index is -0.650. The molecule has 0 atom stereocenters. The molecule has 13 heteroatoms. The number of ether oxygens (including phenoxy) is 4. The predicted molar refractivity (Wildman–Crippen MR) is 175 cm³/mol. The van der Waals surface area contributed by atoms with Gasteiger partial charge in [-0.2, -0.15) is 0 Å². The molecular formula is C34H35ClFN5O6. The smallest absolute Gasteiger partial charge is 0.323 e. The van der Waals surface area contributed by atoms with E-state index >= 15 is 0 Å². The molecule has 3 aromatic carbocycles. The number of carbonyl (C=O) groups is 2. The number of hydrogen-bond acceptors (Lipinski definition) is 8. The van der Waals surface area contributed by atoms with Crippen LogP contribution in [0.5, 0.6) is 23.1 Å². The van der Waals surface area contributed by atoms with E-state index in [1.165, 1.54) is 31.6 Å². The van der Waals surface area contributed by atoms with E-state index in [4.69, 9.17) is 30.5 Å². The van der Waals surface area contributed by atoms with Gasteiger partial charge in [-0.05, 0) is 62.1 Å². The average molecular weight is 664 g/mol. The molecule has 0 bridgehead atoms. The summed E-state index contributed by atoms with van der Waals surface area (Å²) in [6.45, 7) is 5.33. The molecule has 2 fully saturated rings. The Labute approximate surface area is 276 Å². The first-order chi connectivity index (χ1) is 22.7. The molecule has 1 aromatic heterocycles. The Morgan fingerprint density at radius 2 is 1.81 bits per heavy atom. The first kappa shape index (κ1) is 32.3. The van der Waals surface area contributed by atoms with Crippen LogP contribution in [0.1, 0.15) is 31.2 Å². The molecule has 2 aliphatic rings. The minimum Gasteiger partial charge on any atom is -0.493 e. The molecule has 0 radical (unpaired) electrons. The lowest BCUT2D eigenvalue weighted by Crippen LogP contribution is -2.52. The zero-order valence-electron chi connectivity index (χ0n) is 26.1. The van der Waals surface area contributed by atoms with Crippen molar-refractivity contribution in [1.29, 1.82) is 0 Å². The number of nitrogens with one attached hydrogen (secondary N) is 2. The molecule has 6 rings (SSSR count). The van der Waals surface area contributed by atoms with E-state index in [2.05, 4.69) is 20.6 Å². The van der Waals surface area contributed by atoms with Crippen molar-refractivity contribution in [1.82, 2.24) is 14.9 Å². The van der Waals surface area contributed by atoms with Crippen LogP contribution in [0, 0.1) is 18.2 Å². The molecule has 2 aliphatic heterocycles. The number of rotatable bonds is 10. The zero-order chi connectivity index (χ0) is 33.0. The van der Waals surface area contributed by atoms with E-state index in [1.807, 2.05) is 4.90 Å². The third-order valence-electron chi connectivity index (χ3n) is 8.44. The SMILES string of the molecule is COc1cc2c(Oc3ccc(NC(=O)Nc4cc(C)ccc4F)c(Cl)c3)ncnc2cc1OCCCC(=O)N1CCC2(CC1)COC2. The van der Waals surface area contributed by atoms with Crippen LogP contribution in [-0.2, 0) is 9.53 Å². The Kier molecular flexibility index (Phi) is 9.60. The number of halogens is 2. The van der Waals surface area contributed by atoms with E-state index in [1.54, 1.807) is 37.3 Å². The standard InChI is InChI=1S/C34H35ClFN5O6/c1-21-5-7-25(36)28(14-21)40-33(43)39-26-8-6-22(15-24(26)35)47-32-23-16-29(44-2)30(17-27(23)37-20-38-32)46-13-3-4-31(42)41-11-9-34(10-12-41)18-45-19-34/h5-8,14-17,20H,3-4,9-13,18-19H2,1-2H3,(H2,39,40,43). The van der Waals surface area contributed by atoms with Crippen LogP contribution < -0.4 is 24.8 Å². The second kappa shape index (κ2) is 14.0. The van der Waals surface area contributed by atoms with Gasteiger partial charge in [0.05, 0.1) is 54.2 Å². The number of carbonyl (C=O) groups excluding carboxylic acids is 2. The average Bonchev–Trinajstić information content (AvgIpc) is 3.05. The van der Waals surface area contributed by atoms with Crippen molar-refractivity contribution in [2.24, 2.45) is 5.41 Å². The number of nitrogens with zero attached hydrogens (tertiary/aromatic N) is 3. The summed E-state index contributed by atoms with van der Waals surface area (Å²) >= 11 is 6.44. The summed E-state index contributed by atoms with van der Waals surface area (Å²) in [7, 11) is 1.53. The van der Waals surface area contributed by atoms with Gasteiger partial charge in [0.2, 0.25) is 11.8 Å². The molecule has 0 saturated carbocycles. The number of piperidine rings is 1. The van der Waals surface area contributed by atoms with Crippen molar-refractivity contribution in [2.75, 3.05) is 50.7 Å². The number of amides is 3. The van der Waals surface area contributed by atoms with Gasteiger partial charge < -0.3 is 34.5 Å². The molecular weight excluding hydrogens is 629 g/mol. The fraction of sp³-hybridized carbons (Fsp3) is 0.353. The van der Waals surface area contributed by atoms with Crippen LogP contribution in [-0.4, -0.2) is 66.8 Å². The second-order valence-electron chi connectivity index (χ2n) is 11.8. The van der Waals surface area contributed by atoms with Crippen LogP contribution in [0.15, 0.2) is 54.9 Å². The Morgan fingerprint density at radius 1 is 1.02 bits per heavy atom. The number of urea groups is 1. The van der Waals surface area contributed by atoms with E-state index in [0.717, 1.165) is 44.7 Å². The normalized spacial score (nSPS) is 15.2. The van der Waals surface area contributed by atoms with Gasteiger partial charge in [-0.15, -0.1) is 0 Å². The minimum absolute atomic E-state index is 0.0547. The topological polar surface area (TPSA) is 124 Å². The highest BCUT2D eigenvalue weighted by Crippen LogP contribution is 2.39. The van der Waals surface area contributed by atoms with Crippen LogP contribution in [0.25, 0.3) is 10.9 Å². The van der Waals surface area contributed by atoms with Crippen molar-refractivity contribution in [3.8, 4) is 23.1 Å². The molecule has 246 valence electrons. The largest absolute Gasteiger partial charge is 0.493 e. The maximum Gasteiger partial charge on any atom is 0.323 e. The van der Waals surface area contributed by atoms with Crippen LogP contribution in [0.2, 0.25) is 5.02 Å². The molecule has 0 unspecified atom stereocenters. The van der Waals surface area contributed by atoms with E-state index in [9.17, 15) is 14.0 Å². The van der Waals surface area contributed by atoms with Gasteiger partial charge in [0, 0.05) is 37.1 Å². The summed E-state index contributed by atoms with van der Waals surface area (Å²) in [4.78, 5) is 35.8. The molecule has 4 aromatic rings. The van der Waals surface area contributed by atoms with Crippen LogP contribution in [0.3, 0.4) is 0 Å². The number of anilines is 2. The Morgan fingerprint density at radius 3 is 2.53 bits per heavy atom. The second-order valence-corrected chi connectivity index (χ2v) is 12.2. The molecule has 2 N–H and O–H groups in total. The first-order valence-corrected chi connectivity index (χ1v) is 15.7.